The lowest BCUT2D eigenvalue weighted by molar-refractivity contribution is -0.125. The zero-order chi connectivity index (χ0) is 22.3. The minimum Gasteiger partial charge on any atom is -0.355 e. The Labute approximate surface area is 186 Å². The third kappa shape index (κ3) is 6.06. The maximum atomic E-state index is 13.1. The van der Waals surface area contributed by atoms with Gasteiger partial charge in [0.05, 0.1) is 16.5 Å². The summed E-state index contributed by atoms with van der Waals surface area (Å²) >= 11 is 1.65. The van der Waals surface area contributed by atoms with Crippen LogP contribution in [0.3, 0.4) is 0 Å². The van der Waals surface area contributed by atoms with E-state index in [1.54, 1.807) is 17.8 Å². The van der Waals surface area contributed by atoms with Crippen molar-refractivity contribution in [3.63, 3.8) is 0 Å². The van der Waals surface area contributed by atoms with E-state index in [0.29, 0.717) is 30.7 Å². The van der Waals surface area contributed by atoms with Crippen LogP contribution < -0.4 is 5.32 Å². The van der Waals surface area contributed by atoms with Gasteiger partial charge in [0.1, 0.15) is 5.82 Å². The van der Waals surface area contributed by atoms with Crippen molar-refractivity contribution in [2.75, 3.05) is 25.4 Å². The Morgan fingerprint density at radius 3 is 2.52 bits per heavy atom. The molecule has 1 aliphatic heterocycles. The molecule has 0 spiro atoms. The number of rotatable bonds is 8. The highest BCUT2D eigenvalue weighted by Gasteiger charge is 2.31. The molecule has 1 amide bonds. The molecule has 31 heavy (non-hydrogen) atoms. The van der Waals surface area contributed by atoms with E-state index in [1.807, 2.05) is 18.2 Å². The monoisotopic (exact) mass is 461 g/mol. The van der Waals surface area contributed by atoms with E-state index in [1.165, 1.54) is 16.4 Å². The number of sulfonamides is 1. The summed E-state index contributed by atoms with van der Waals surface area (Å²) < 4.78 is 39.7. The molecule has 6 nitrogen and oxygen atoms in total. The average molecular weight is 462 g/mol. The normalized spacial score (nSPS) is 15.4. The molecular formula is C22H24FN3O3S2. The number of piperidine rings is 1. The van der Waals surface area contributed by atoms with Crippen molar-refractivity contribution < 1.29 is 17.6 Å². The van der Waals surface area contributed by atoms with Gasteiger partial charge in [-0.2, -0.15) is 21.3 Å². The predicted molar refractivity (Wildman–Crippen MR) is 118 cm³/mol. The van der Waals surface area contributed by atoms with Crippen LogP contribution in [-0.4, -0.2) is 44.0 Å². The average Bonchev–Trinajstić information content (AvgIpc) is 2.79. The van der Waals surface area contributed by atoms with Gasteiger partial charge >= 0.3 is 0 Å². The summed E-state index contributed by atoms with van der Waals surface area (Å²) in [7, 11) is -3.68. The summed E-state index contributed by atoms with van der Waals surface area (Å²) in [4.78, 5) is 12.5. The molecule has 0 unspecified atom stereocenters. The number of nitrogens with zero attached hydrogens (tertiary/aromatic N) is 2. The maximum absolute atomic E-state index is 13.1. The summed E-state index contributed by atoms with van der Waals surface area (Å²) in [6.45, 7) is 1.04. The number of benzene rings is 2. The Morgan fingerprint density at radius 2 is 1.84 bits per heavy atom. The Balaban J connectivity index is 1.40. The first-order valence-corrected chi connectivity index (χ1v) is 12.6. The van der Waals surface area contributed by atoms with Crippen molar-refractivity contribution in [2.45, 2.75) is 23.5 Å². The Kier molecular flexibility index (Phi) is 8.07. The Bertz CT molecular complexity index is 1040. The highest BCUT2D eigenvalue weighted by molar-refractivity contribution is 7.98. The zero-order valence-corrected chi connectivity index (χ0v) is 18.6. The third-order valence-corrected chi connectivity index (χ3v) is 8.14. The number of halogens is 1. The smallest absolute Gasteiger partial charge is 0.243 e. The fraction of sp³-hybridized carbons (Fsp3) is 0.364. The second-order valence-corrected chi connectivity index (χ2v) is 10.3. The van der Waals surface area contributed by atoms with Gasteiger partial charge in [-0.05, 0) is 48.7 Å². The number of amides is 1. The molecule has 0 aromatic heterocycles. The van der Waals surface area contributed by atoms with Crippen LogP contribution in [0.15, 0.2) is 53.4 Å². The lowest BCUT2D eigenvalue weighted by Crippen LogP contribution is -2.43. The number of nitrogens with one attached hydrogen (secondary N) is 1. The SMILES string of the molecule is N#Cc1ccccc1CSCCNC(=O)C1CCN(S(=O)(=O)c2ccc(F)cc2)CC1. The molecule has 3 rings (SSSR count). The minimum atomic E-state index is -3.68. The van der Waals surface area contributed by atoms with Crippen LogP contribution in [0.5, 0.6) is 0 Å². The molecule has 0 radical (unpaired) electrons. The van der Waals surface area contributed by atoms with Gasteiger partial charge < -0.3 is 5.32 Å². The number of carbonyl (C=O) groups is 1. The molecule has 1 N–H and O–H groups in total. The van der Waals surface area contributed by atoms with Crippen LogP contribution in [0.1, 0.15) is 24.0 Å². The molecule has 1 fully saturated rings. The number of hydrogen-bond acceptors (Lipinski definition) is 5. The summed E-state index contributed by atoms with van der Waals surface area (Å²) in [5.74, 6) is 0.672. The molecule has 1 heterocycles. The second-order valence-electron chi connectivity index (χ2n) is 7.24. The van der Waals surface area contributed by atoms with Crippen LogP contribution in [0.4, 0.5) is 4.39 Å². The fourth-order valence-electron chi connectivity index (χ4n) is 3.44. The molecule has 1 saturated heterocycles. The van der Waals surface area contributed by atoms with Crippen molar-refractivity contribution in [1.82, 2.24) is 9.62 Å². The van der Waals surface area contributed by atoms with E-state index in [-0.39, 0.29) is 29.8 Å². The van der Waals surface area contributed by atoms with Gasteiger partial charge in [-0.3, -0.25) is 4.79 Å². The maximum Gasteiger partial charge on any atom is 0.243 e. The van der Waals surface area contributed by atoms with E-state index >= 15 is 0 Å². The molecular weight excluding hydrogens is 437 g/mol. The summed E-state index contributed by atoms with van der Waals surface area (Å²) in [5, 5.41) is 12.0. The van der Waals surface area contributed by atoms with Gasteiger partial charge in [0.2, 0.25) is 15.9 Å². The van der Waals surface area contributed by atoms with Crippen LogP contribution in [-0.2, 0) is 20.6 Å². The highest BCUT2D eigenvalue weighted by atomic mass is 32.2. The second kappa shape index (κ2) is 10.8. The molecule has 0 bridgehead atoms. The number of nitriles is 1. The van der Waals surface area contributed by atoms with E-state index in [2.05, 4.69) is 11.4 Å². The standard InChI is InChI=1S/C22H24FN3O3S2/c23-20-5-7-21(8-6-20)31(28,29)26-12-9-17(10-13-26)22(27)25-11-14-30-16-19-4-2-1-3-18(19)15-24/h1-8,17H,9-14,16H2,(H,25,27). The van der Waals surface area contributed by atoms with E-state index in [0.717, 1.165) is 23.4 Å². The van der Waals surface area contributed by atoms with Gasteiger partial charge in [-0.1, -0.05) is 18.2 Å². The minimum absolute atomic E-state index is 0.0585. The molecule has 0 saturated carbocycles. The van der Waals surface area contributed by atoms with E-state index in [4.69, 9.17) is 5.26 Å². The quantitative estimate of drug-likeness (QED) is 0.610. The topological polar surface area (TPSA) is 90.3 Å². The molecule has 2 aromatic carbocycles. The lowest BCUT2D eigenvalue weighted by Gasteiger charge is -2.30. The molecule has 2 aromatic rings. The van der Waals surface area contributed by atoms with E-state index in [9.17, 15) is 17.6 Å². The summed E-state index contributed by atoms with van der Waals surface area (Å²) in [6.07, 6.45) is 0.907. The van der Waals surface area contributed by atoms with Crippen molar-refractivity contribution in [1.29, 1.82) is 5.26 Å². The first-order valence-electron chi connectivity index (χ1n) is 10.0. The predicted octanol–water partition coefficient (Wildman–Crippen LogP) is 3.15. The molecule has 164 valence electrons. The van der Waals surface area contributed by atoms with Crippen molar-refractivity contribution in [2.24, 2.45) is 5.92 Å². The van der Waals surface area contributed by atoms with Crippen molar-refractivity contribution in [3.05, 3.63) is 65.5 Å². The van der Waals surface area contributed by atoms with Crippen LogP contribution >= 0.6 is 11.8 Å². The van der Waals surface area contributed by atoms with Gasteiger partial charge in [0.15, 0.2) is 0 Å². The number of hydrogen-bond donors (Lipinski definition) is 1. The van der Waals surface area contributed by atoms with Crippen LogP contribution in [0, 0.1) is 23.1 Å². The molecule has 9 heteroatoms. The van der Waals surface area contributed by atoms with Gasteiger partial charge in [-0.15, -0.1) is 0 Å². The Hall–Kier alpha value is -2.41. The van der Waals surface area contributed by atoms with Crippen molar-refractivity contribution in [3.8, 4) is 6.07 Å². The lowest BCUT2D eigenvalue weighted by atomic mass is 9.97. The fourth-order valence-corrected chi connectivity index (χ4v) is 5.77. The number of thioether (sulfide) groups is 1. The van der Waals surface area contributed by atoms with Crippen molar-refractivity contribution >= 4 is 27.7 Å². The molecule has 0 aliphatic carbocycles. The van der Waals surface area contributed by atoms with E-state index < -0.39 is 15.8 Å². The van der Waals surface area contributed by atoms with Crippen LogP contribution in [0.2, 0.25) is 0 Å². The molecule has 1 aliphatic rings. The van der Waals surface area contributed by atoms with Gasteiger partial charge in [-0.25, -0.2) is 12.8 Å². The zero-order valence-electron chi connectivity index (χ0n) is 17.0. The first-order chi connectivity index (χ1) is 14.9. The summed E-state index contributed by atoms with van der Waals surface area (Å²) in [5.41, 5.74) is 1.65. The molecule has 0 atom stereocenters. The Morgan fingerprint density at radius 1 is 1.16 bits per heavy atom. The largest absolute Gasteiger partial charge is 0.355 e. The first kappa shape index (κ1) is 23.3. The summed E-state index contributed by atoms with van der Waals surface area (Å²) in [6, 6.07) is 14.4. The third-order valence-electron chi connectivity index (χ3n) is 5.22. The number of carbonyl (C=O) groups excluding carboxylic acids is 1. The van der Waals surface area contributed by atoms with Gasteiger partial charge in [0.25, 0.3) is 0 Å². The highest BCUT2D eigenvalue weighted by Crippen LogP contribution is 2.24. The van der Waals surface area contributed by atoms with Crippen LogP contribution in [0.25, 0.3) is 0 Å². The van der Waals surface area contributed by atoms with Gasteiger partial charge in [0, 0.05) is 37.1 Å².